The second kappa shape index (κ2) is 4.48. The Morgan fingerprint density at radius 3 is 2.84 bits per heavy atom. The van der Waals surface area contributed by atoms with E-state index in [2.05, 4.69) is 4.98 Å². The molecule has 4 nitrogen and oxygen atoms in total. The Hall–Kier alpha value is -2.20. The van der Waals surface area contributed by atoms with Crippen molar-refractivity contribution in [1.82, 2.24) is 9.55 Å². The SMILES string of the molecule is O=c1[nH]c2ccc(Cl)cc2n1Cc1cccc(O)c1. The molecule has 0 radical (unpaired) electrons. The smallest absolute Gasteiger partial charge is 0.326 e. The number of phenols is 1. The fourth-order valence-corrected chi connectivity index (χ4v) is 2.29. The molecule has 0 bridgehead atoms. The van der Waals surface area contributed by atoms with Gasteiger partial charge in [0.25, 0.3) is 0 Å². The maximum absolute atomic E-state index is 11.9. The Labute approximate surface area is 113 Å². The first-order chi connectivity index (χ1) is 9.13. The van der Waals surface area contributed by atoms with Crippen LogP contribution in [0.2, 0.25) is 5.02 Å². The molecule has 0 fully saturated rings. The molecule has 1 aromatic heterocycles. The highest BCUT2D eigenvalue weighted by Crippen LogP contribution is 2.18. The Morgan fingerprint density at radius 1 is 1.21 bits per heavy atom. The molecule has 0 unspecified atom stereocenters. The maximum Gasteiger partial charge on any atom is 0.326 e. The highest BCUT2D eigenvalue weighted by molar-refractivity contribution is 6.31. The molecule has 1 heterocycles. The third-order valence-corrected chi connectivity index (χ3v) is 3.22. The number of phenolic OH excluding ortho intramolecular Hbond substituents is 1. The summed E-state index contributed by atoms with van der Waals surface area (Å²) in [7, 11) is 0. The predicted molar refractivity (Wildman–Crippen MR) is 74.8 cm³/mol. The van der Waals surface area contributed by atoms with Crippen molar-refractivity contribution in [2.75, 3.05) is 0 Å². The Kier molecular flexibility index (Phi) is 2.80. The van der Waals surface area contributed by atoms with E-state index in [1.54, 1.807) is 41.0 Å². The lowest BCUT2D eigenvalue weighted by Crippen LogP contribution is -2.17. The van der Waals surface area contributed by atoms with E-state index in [0.29, 0.717) is 11.6 Å². The summed E-state index contributed by atoms with van der Waals surface area (Å²) in [6.45, 7) is 0.383. The number of rotatable bonds is 2. The van der Waals surface area contributed by atoms with Gasteiger partial charge in [0.15, 0.2) is 0 Å². The fraction of sp³-hybridized carbons (Fsp3) is 0.0714. The molecule has 2 N–H and O–H groups in total. The first kappa shape index (κ1) is 11.9. The summed E-state index contributed by atoms with van der Waals surface area (Å²) in [5.41, 5.74) is 2.15. The van der Waals surface area contributed by atoms with Gasteiger partial charge in [0.1, 0.15) is 5.75 Å². The monoisotopic (exact) mass is 274 g/mol. The van der Waals surface area contributed by atoms with Crippen molar-refractivity contribution < 1.29 is 5.11 Å². The molecule has 5 heteroatoms. The zero-order chi connectivity index (χ0) is 13.4. The number of benzene rings is 2. The van der Waals surface area contributed by atoms with Crippen molar-refractivity contribution in [1.29, 1.82) is 0 Å². The van der Waals surface area contributed by atoms with Crippen LogP contribution in [0.25, 0.3) is 11.0 Å². The summed E-state index contributed by atoms with van der Waals surface area (Å²) < 4.78 is 1.59. The molecule has 0 saturated carbocycles. The van der Waals surface area contributed by atoms with Crippen LogP contribution in [0.15, 0.2) is 47.3 Å². The van der Waals surface area contributed by atoms with Gasteiger partial charge >= 0.3 is 5.69 Å². The highest BCUT2D eigenvalue weighted by atomic mass is 35.5. The molecule has 19 heavy (non-hydrogen) atoms. The predicted octanol–water partition coefficient (Wildman–Crippen LogP) is 2.74. The van der Waals surface area contributed by atoms with Gasteiger partial charge in [-0.2, -0.15) is 0 Å². The Morgan fingerprint density at radius 2 is 2.05 bits per heavy atom. The van der Waals surface area contributed by atoms with Crippen LogP contribution in [0.1, 0.15) is 5.56 Å². The summed E-state index contributed by atoms with van der Waals surface area (Å²) >= 11 is 5.96. The quantitative estimate of drug-likeness (QED) is 0.755. The molecule has 0 amide bonds. The summed E-state index contributed by atoms with van der Waals surface area (Å²) in [6.07, 6.45) is 0. The van der Waals surface area contributed by atoms with Crippen LogP contribution in [0.5, 0.6) is 5.75 Å². The third kappa shape index (κ3) is 2.22. The minimum absolute atomic E-state index is 0.184. The number of hydrogen-bond acceptors (Lipinski definition) is 2. The molecule has 0 aliphatic heterocycles. The van der Waals surface area contributed by atoms with Gasteiger partial charge in [0, 0.05) is 5.02 Å². The topological polar surface area (TPSA) is 58.0 Å². The number of hydrogen-bond donors (Lipinski definition) is 2. The lowest BCUT2D eigenvalue weighted by Gasteiger charge is -2.04. The molecule has 0 spiro atoms. The van der Waals surface area contributed by atoms with Gasteiger partial charge in [-0.3, -0.25) is 4.57 Å². The van der Waals surface area contributed by atoms with Gasteiger partial charge in [0.05, 0.1) is 17.6 Å². The van der Waals surface area contributed by atoms with Gasteiger partial charge in [-0.15, -0.1) is 0 Å². The van der Waals surface area contributed by atoms with Crippen molar-refractivity contribution in [2.45, 2.75) is 6.54 Å². The molecule has 2 aromatic carbocycles. The van der Waals surface area contributed by atoms with Crippen molar-refractivity contribution in [2.24, 2.45) is 0 Å². The Bertz CT molecular complexity index is 805. The van der Waals surface area contributed by atoms with Crippen LogP contribution in [-0.2, 0) is 6.54 Å². The van der Waals surface area contributed by atoms with Crippen molar-refractivity contribution in [3.63, 3.8) is 0 Å². The molecule has 3 aromatic rings. The molecular formula is C14H11ClN2O2. The number of aromatic amines is 1. The van der Waals surface area contributed by atoms with Crippen LogP contribution in [0, 0.1) is 0 Å². The van der Waals surface area contributed by atoms with Gasteiger partial charge in [0.2, 0.25) is 0 Å². The number of aromatic nitrogens is 2. The number of H-pyrrole nitrogens is 1. The fourth-order valence-electron chi connectivity index (χ4n) is 2.12. The number of nitrogens with one attached hydrogen (secondary N) is 1. The second-order valence-corrected chi connectivity index (χ2v) is 4.78. The van der Waals surface area contributed by atoms with E-state index in [1.807, 2.05) is 6.07 Å². The molecular weight excluding hydrogens is 264 g/mol. The molecule has 3 rings (SSSR count). The Balaban J connectivity index is 2.12. The zero-order valence-electron chi connectivity index (χ0n) is 9.93. The average molecular weight is 275 g/mol. The van der Waals surface area contributed by atoms with Gasteiger partial charge < -0.3 is 10.1 Å². The lowest BCUT2D eigenvalue weighted by molar-refractivity contribution is 0.474. The largest absolute Gasteiger partial charge is 0.508 e. The highest BCUT2D eigenvalue weighted by Gasteiger charge is 2.08. The van der Waals surface area contributed by atoms with Crippen molar-refractivity contribution in [3.8, 4) is 5.75 Å². The number of halogens is 1. The van der Waals surface area contributed by atoms with Crippen LogP contribution in [0.3, 0.4) is 0 Å². The second-order valence-electron chi connectivity index (χ2n) is 4.35. The summed E-state index contributed by atoms with van der Waals surface area (Å²) in [6, 6.07) is 12.1. The van der Waals surface area contributed by atoms with Crippen LogP contribution in [0.4, 0.5) is 0 Å². The van der Waals surface area contributed by atoms with Crippen molar-refractivity contribution >= 4 is 22.6 Å². The van der Waals surface area contributed by atoms with E-state index in [1.165, 1.54) is 0 Å². The normalized spacial score (nSPS) is 11.0. The molecule has 0 atom stereocenters. The van der Waals surface area contributed by atoms with E-state index < -0.39 is 0 Å². The third-order valence-electron chi connectivity index (χ3n) is 2.99. The zero-order valence-corrected chi connectivity index (χ0v) is 10.7. The van der Waals surface area contributed by atoms with Crippen LogP contribution in [-0.4, -0.2) is 14.7 Å². The number of imidazole rings is 1. The molecule has 0 aliphatic rings. The molecule has 0 saturated heterocycles. The standard InChI is InChI=1S/C14H11ClN2O2/c15-10-4-5-12-13(7-10)17(14(19)16-12)8-9-2-1-3-11(18)6-9/h1-7,18H,8H2,(H,16,19). The summed E-state index contributed by atoms with van der Waals surface area (Å²) in [4.78, 5) is 14.7. The van der Waals surface area contributed by atoms with E-state index in [0.717, 1.165) is 16.6 Å². The van der Waals surface area contributed by atoms with Crippen LogP contribution < -0.4 is 5.69 Å². The maximum atomic E-state index is 11.9. The van der Waals surface area contributed by atoms with E-state index >= 15 is 0 Å². The number of nitrogens with zero attached hydrogens (tertiary/aromatic N) is 1. The number of fused-ring (bicyclic) bond motifs is 1. The van der Waals surface area contributed by atoms with E-state index in [-0.39, 0.29) is 11.4 Å². The molecule has 0 aliphatic carbocycles. The summed E-state index contributed by atoms with van der Waals surface area (Å²) in [5.74, 6) is 0.184. The summed E-state index contributed by atoms with van der Waals surface area (Å²) in [5, 5.41) is 10.0. The average Bonchev–Trinajstić information content (AvgIpc) is 2.66. The van der Waals surface area contributed by atoms with Crippen LogP contribution >= 0.6 is 11.6 Å². The lowest BCUT2D eigenvalue weighted by atomic mass is 10.2. The van der Waals surface area contributed by atoms with Crippen molar-refractivity contribution in [3.05, 3.63) is 63.5 Å². The minimum atomic E-state index is -0.194. The van der Waals surface area contributed by atoms with E-state index in [4.69, 9.17) is 11.6 Å². The van der Waals surface area contributed by atoms with Gasteiger partial charge in [-0.1, -0.05) is 23.7 Å². The van der Waals surface area contributed by atoms with Gasteiger partial charge in [-0.25, -0.2) is 4.79 Å². The van der Waals surface area contributed by atoms with E-state index in [9.17, 15) is 9.90 Å². The minimum Gasteiger partial charge on any atom is -0.508 e. The molecule has 96 valence electrons. The first-order valence-corrected chi connectivity index (χ1v) is 6.17. The number of aromatic hydroxyl groups is 1. The first-order valence-electron chi connectivity index (χ1n) is 5.79. The van der Waals surface area contributed by atoms with Gasteiger partial charge in [-0.05, 0) is 35.9 Å².